The Balaban J connectivity index is 2.12. The fourth-order valence-electron chi connectivity index (χ4n) is 2.02. The molecule has 0 fully saturated rings. The standard InChI is InChI=1S/C16H18BrNS/c1-2-15(16(18)12-7-4-3-5-8-12)19-14-10-6-9-13(17)11-14/h3-11,15-16H,2,18H2,1H3. The lowest BCUT2D eigenvalue weighted by Crippen LogP contribution is -2.23. The molecule has 2 N–H and O–H groups in total. The highest BCUT2D eigenvalue weighted by molar-refractivity contribution is 9.10. The molecular weight excluding hydrogens is 318 g/mol. The van der Waals surface area contributed by atoms with Crippen molar-refractivity contribution in [1.29, 1.82) is 0 Å². The van der Waals surface area contributed by atoms with Gasteiger partial charge in [-0.3, -0.25) is 0 Å². The highest BCUT2D eigenvalue weighted by atomic mass is 79.9. The van der Waals surface area contributed by atoms with Gasteiger partial charge in [0.1, 0.15) is 0 Å². The second-order valence-electron chi connectivity index (χ2n) is 4.46. The Hall–Kier alpha value is -0.770. The summed E-state index contributed by atoms with van der Waals surface area (Å²) in [6.07, 6.45) is 1.05. The summed E-state index contributed by atoms with van der Waals surface area (Å²) in [5.74, 6) is 0. The van der Waals surface area contributed by atoms with E-state index in [0.717, 1.165) is 10.9 Å². The zero-order valence-electron chi connectivity index (χ0n) is 10.9. The summed E-state index contributed by atoms with van der Waals surface area (Å²) in [5.41, 5.74) is 7.61. The van der Waals surface area contributed by atoms with Crippen LogP contribution in [0.2, 0.25) is 0 Å². The van der Waals surface area contributed by atoms with E-state index in [1.807, 2.05) is 36.0 Å². The Bertz CT molecular complexity index is 515. The van der Waals surface area contributed by atoms with Crippen LogP contribution in [0.3, 0.4) is 0 Å². The smallest absolute Gasteiger partial charge is 0.0418 e. The lowest BCUT2D eigenvalue weighted by Gasteiger charge is -2.22. The largest absolute Gasteiger partial charge is 0.323 e. The zero-order chi connectivity index (χ0) is 13.7. The van der Waals surface area contributed by atoms with Gasteiger partial charge in [-0.15, -0.1) is 11.8 Å². The van der Waals surface area contributed by atoms with E-state index < -0.39 is 0 Å². The molecule has 2 aromatic carbocycles. The van der Waals surface area contributed by atoms with Gasteiger partial charge >= 0.3 is 0 Å². The molecule has 19 heavy (non-hydrogen) atoms. The molecule has 0 aliphatic heterocycles. The third-order valence-corrected chi connectivity index (χ3v) is 5.02. The van der Waals surface area contributed by atoms with E-state index >= 15 is 0 Å². The topological polar surface area (TPSA) is 26.0 Å². The summed E-state index contributed by atoms with van der Waals surface area (Å²) < 4.78 is 1.11. The molecule has 1 nitrogen and oxygen atoms in total. The lowest BCUT2D eigenvalue weighted by atomic mass is 10.0. The van der Waals surface area contributed by atoms with E-state index in [1.54, 1.807) is 0 Å². The van der Waals surface area contributed by atoms with Crippen LogP contribution in [0.15, 0.2) is 64.0 Å². The molecule has 2 rings (SSSR count). The van der Waals surface area contributed by atoms with Gasteiger partial charge in [0, 0.05) is 20.7 Å². The molecule has 2 aromatic rings. The Kier molecular flexibility index (Phi) is 5.49. The van der Waals surface area contributed by atoms with E-state index in [4.69, 9.17) is 5.73 Å². The highest BCUT2D eigenvalue weighted by Crippen LogP contribution is 2.33. The number of thioether (sulfide) groups is 1. The van der Waals surface area contributed by atoms with Crippen LogP contribution in [0, 0.1) is 0 Å². The van der Waals surface area contributed by atoms with Gasteiger partial charge in [-0.1, -0.05) is 59.3 Å². The second kappa shape index (κ2) is 7.13. The molecular formula is C16H18BrNS. The molecule has 0 bridgehead atoms. The van der Waals surface area contributed by atoms with E-state index in [9.17, 15) is 0 Å². The number of hydrogen-bond acceptors (Lipinski definition) is 2. The number of halogens is 1. The molecule has 2 unspecified atom stereocenters. The minimum Gasteiger partial charge on any atom is -0.323 e. The van der Waals surface area contributed by atoms with Gasteiger partial charge in [0.25, 0.3) is 0 Å². The lowest BCUT2D eigenvalue weighted by molar-refractivity contribution is 0.656. The molecule has 2 atom stereocenters. The van der Waals surface area contributed by atoms with Crippen molar-refractivity contribution in [2.75, 3.05) is 0 Å². The molecule has 0 aliphatic rings. The predicted molar refractivity (Wildman–Crippen MR) is 87.4 cm³/mol. The average Bonchev–Trinajstić information content (AvgIpc) is 2.45. The molecule has 0 saturated heterocycles. The van der Waals surface area contributed by atoms with Gasteiger partial charge < -0.3 is 5.73 Å². The SMILES string of the molecule is CCC(Sc1cccc(Br)c1)C(N)c1ccccc1. The maximum Gasteiger partial charge on any atom is 0.0418 e. The van der Waals surface area contributed by atoms with Gasteiger partial charge in [-0.25, -0.2) is 0 Å². The fourth-order valence-corrected chi connectivity index (χ4v) is 3.74. The summed E-state index contributed by atoms with van der Waals surface area (Å²) in [6.45, 7) is 2.19. The Morgan fingerprint density at radius 1 is 1.11 bits per heavy atom. The maximum atomic E-state index is 6.40. The van der Waals surface area contributed by atoms with Crippen LogP contribution >= 0.6 is 27.7 Å². The minimum atomic E-state index is 0.0650. The third-order valence-electron chi connectivity index (χ3n) is 3.07. The van der Waals surface area contributed by atoms with Crippen molar-refractivity contribution in [3.8, 4) is 0 Å². The molecule has 100 valence electrons. The van der Waals surface area contributed by atoms with Crippen molar-refractivity contribution < 1.29 is 0 Å². The van der Waals surface area contributed by atoms with Crippen LogP contribution in [0.5, 0.6) is 0 Å². The van der Waals surface area contributed by atoms with E-state index in [1.165, 1.54) is 10.5 Å². The first-order valence-electron chi connectivity index (χ1n) is 6.43. The molecule has 3 heteroatoms. The van der Waals surface area contributed by atoms with Crippen molar-refractivity contribution >= 4 is 27.7 Å². The quantitative estimate of drug-likeness (QED) is 0.776. The Labute approximate surface area is 127 Å². The monoisotopic (exact) mass is 335 g/mol. The first-order chi connectivity index (χ1) is 9.20. The maximum absolute atomic E-state index is 6.40. The van der Waals surface area contributed by atoms with E-state index in [2.05, 4.69) is 53.2 Å². The molecule has 0 radical (unpaired) electrons. The molecule has 0 aromatic heterocycles. The molecule has 0 spiro atoms. The summed E-state index contributed by atoms with van der Waals surface area (Å²) in [5, 5.41) is 0.386. The molecule has 0 aliphatic carbocycles. The van der Waals surface area contributed by atoms with Crippen molar-refractivity contribution in [2.24, 2.45) is 5.73 Å². The van der Waals surface area contributed by atoms with Crippen LogP contribution in [0.4, 0.5) is 0 Å². The third kappa shape index (κ3) is 4.10. The second-order valence-corrected chi connectivity index (χ2v) is 6.69. The number of benzene rings is 2. The Morgan fingerprint density at radius 2 is 1.84 bits per heavy atom. The van der Waals surface area contributed by atoms with Gasteiger partial charge in [-0.2, -0.15) is 0 Å². The van der Waals surface area contributed by atoms with Gasteiger partial charge in [0.05, 0.1) is 0 Å². The zero-order valence-corrected chi connectivity index (χ0v) is 13.3. The predicted octanol–water partition coefficient (Wildman–Crippen LogP) is 5.02. The molecule has 0 heterocycles. The van der Waals surface area contributed by atoms with Gasteiger partial charge in [0.2, 0.25) is 0 Å². The molecule has 0 saturated carbocycles. The number of rotatable bonds is 5. The van der Waals surface area contributed by atoms with E-state index in [0.29, 0.717) is 5.25 Å². The van der Waals surface area contributed by atoms with Crippen LogP contribution < -0.4 is 5.73 Å². The average molecular weight is 336 g/mol. The summed E-state index contributed by atoms with van der Waals surface area (Å²) in [7, 11) is 0. The minimum absolute atomic E-state index is 0.0650. The van der Waals surface area contributed by atoms with Crippen LogP contribution in [-0.4, -0.2) is 5.25 Å². The van der Waals surface area contributed by atoms with Crippen molar-refractivity contribution in [3.63, 3.8) is 0 Å². The van der Waals surface area contributed by atoms with Crippen LogP contribution in [0.1, 0.15) is 24.9 Å². The number of hydrogen-bond donors (Lipinski definition) is 1. The first kappa shape index (κ1) is 14.6. The van der Waals surface area contributed by atoms with Gasteiger partial charge in [-0.05, 0) is 30.2 Å². The van der Waals surface area contributed by atoms with E-state index in [-0.39, 0.29) is 6.04 Å². The van der Waals surface area contributed by atoms with Gasteiger partial charge in [0.15, 0.2) is 0 Å². The molecule has 0 amide bonds. The number of nitrogens with two attached hydrogens (primary N) is 1. The van der Waals surface area contributed by atoms with Crippen molar-refractivity contribution in [2.45, 2.75) is 29.5 Å². The normalized spacial score (nSPS) is 14.1. The summed E-state index contributed by atoms with van der Waals surface area (Å²) >= 11 is 5.36. The fraction of sp³-hybridized carbons (Fsp3) is 0.250. The Morgan fingerprint density at radius 3 is 2.47 bits per heavy atom. The van der Waals surface area contributed by atoms with Crippen molar-refractivity contribution in [1.82, 2.24) is 0 Å². The first-order valence-corrected chi connectivity index (χ1v) is 8.10. The summed E-state index contributed by atoms with van der Waals surface area (Å²) in [6, 6.07) is 18.8. The van der Waals surface area contributed by atoms with Crippen LogP contribution in [-0.2, 0) is 0 Å². The van der Waals surface area contributed by atoms with Crippen molar-refractivity contribution in [3.05, 3.63) is 64.6 Å². The highest BCUT2D eigenvalue weighted by Gasteiger charge is 2.18. The van der Waals surface area contributed by atoms with Crippen LogP contribution in [0.25, 0.3) is 0 Å². The summed E-state index contributed by atoms with van der Waals surface area (Å²) in [4.78, 5) is 1.26.